The first-order valence-corrected chi connectivity index (χ1v) is 13.7. The van der Waals surface area contributed by atoms with E-state index in [1.54, 1.807) is 72.8 Å². The smallest absolute Gasteiger partial charge is 0.266 e. The van der Waals surface area contributed by atoms with Gasteiger partial charge in [0.25, 0.3) is 17.7 Å². The molecule has 1 aliphatic rings. The van der Waals surface area contributed by atoms with Crippen molar-refractivity contribution in [3.05, 3.63) is 161 Å². The van der Waals surface area contributed by atoms with Crippen LogP contribution in [0.3, 0.4) is 0 Å². The van der Waals surface area contributed by atoms with Gasteiger partial charge in [0.15, 0.2) is 5.78 Å². The maximum atomic E-state index is 13.3. The monoisotopic (exact) mass is 576 g/mol. The summed E-state index contributed by atoms with van der Waals surface area (Å²) < 4.78 is 0. The average molecular weight is 577 g/mol. The molecule has 8 nitrogen and oxygen atoms in total. The quantitative estimate of drug-likeness (QED) is 0.0872. The number of azo groups is 1. The number of hydrogen-bond donors (Lipinski definition) is 1. The summed E-state index contributed by atoms with van der Waals surface area (Å²) in [6.45, 7) is 0. The number of ketones is 1. The molecule has 44 heavy (non-hydrogen) atoms. The molecule has 212 valence electrons. The summed E-state index contributed by atoms with van der Waals surface area (Å²) >= 11 is 0. The molecule has 5 aromatic rings. The Labute approximate surface area is 253 Å². The molecule has 0 saturated carbocycles. The SMILES string of the molecule is O=C(C=Cc1cccc(NC(=O)c2ccc3c(c2)C(=O)N(c2ccc(N=Nc4ccccc4)cc2)C3=O)c1)c1ccccc1. The number of amides is 3. The van der Waals surface area contributed by atoms with Gasteiger partial charge in [0, 0.05) is 16.8 Å². The average Bonchev–Trinajstić information content (AvgIpc) is 3.32. The van der Waals surface area contributed by atoms with E-state index in [4.69, 9.17) is 0 Å². The first-order chi connectivity index (χ1) is 21.5. The van der Waals surface area contributed by atoms with Crippen LogP contribution in [0.25, 0.3) is 6.08 Å². The van der Waals surface area contributed by atoms with Gasteiger partial charge in [-0.05, 0) is 78.4 Å². The number of benzene rings is 5. The van der Waals surface area contributed by atoms with Gasteiger partial charge in [-0.15, -0.1) is 0 Å². The predicted molar refractivity (Wildman–Crippen MR) is 169 cm³/mol. The number of fused-ring (bicyclic) bond motifs is 1. The second-order valence-electron chi connectivity index (χ2n) is 9.90. The van der Waals surface area contributed by atoms with E-state index in [0.29, 0.717) is 28.3 Å². The lowest BCUT2D eigenvalue weighted by Crippen LogP contribution is -2.29. The van der Waals surface area contributed by atoms with Crippen molar-refractivity contribution in [1.29, 1.82) is 0 Å². The molecular weight excluding hydrogens is 552 g/mol. The highest BCUT2D eigenvalue weighted by molar-refractivity contribution is 6.34. The van der Waals surface area contributed by atoms with Gasteiger partial charge in [0.1, 0.15) is 0 Å². The number of hydrogen-bond acceptors (Lipinski definition) is 6. The van der Waals surface area contributed by atoms with E-state index >= 15 is 0 Å². The zero-order chi connectivity index (χ0) is 30.5. The van der Waals surface area contributed by atoms with Crippen molar-refractivity contribution < 1.29 is 19.2 Å². The molecule has 0 aromatic heterocycles. The Balaban J connectivity index is 1.14. The zero-order valence-electron chi connectivity index (χ0n) is 23.3. The van der Waals surface area contributed by atoms with E-state index in [1.807, 2.05) is 42.5 Å². The third kappa shape index (κ3) is 6.00. The van der Waals surface area contributed by atoms with Crippen LogP contribution in [0.5, 0.6) is 0 Å². The molecule has 1 N–H and O–H groups in total. The Hall–Kier alpha value is -6.28. The van der Waals surface area contributed by atoms with Gasteiger partial charge in [0.2, 0.25) is 0 Å². The molecule has 0 unspecified atom stereocenters. The van der Waals surface area contributed by atoms with Gasteiger partial charge in [-0.25, -0.2) is 4.90 Å². The molecule has 1 heterocycles. The Morgan fingerprint density at radius 2 is 1.27 bits per heavy atom. The van der Waals surface area contributed by atoms with Crippen molar-refractivity contribution in [3.63, 3.8) is 0 Å². The van der Waals surface area contributed by atoms with Crippen LogP contribution < -0.4 is 10.2 Å². The van der Waals surface area contributed by atoms with Gasteiger partial charge >= 0.3 is 0 Å². The molecule has 1 aliphatic heterocycles. The summed E-state index contributed by atoms with van der Waals surface area (Å²) in [5.74, 6) is -1.56. The number of nitrogens with zero attached hydrogens (tertiary/aromatic N) is 3. The van der Waals surface area contributed by atoms with E-state index in [1.165, 1.54) is 24.3 Å². The topological polar surface area (TPSA) is 108 Å². The summed E-state index contributed by atoms with van der Waals surface area (Å²) in [7, 11) is 0. The Morgan fingerprint density at radius 3 is 2.00 bits per heavy atom. The number of anilines is 2. The molecule has 0 aliphatic carbocycles. The summed E-state index contributed by atoms with van der Waals surface area (Å²) in [6, 6.07) is 36.3. The lowest BCUT2D eigenvalue weighted by atomic mass is 10.0. The van der Waals surface area contributed by atoms with Crippen molar-refractivity contribution in [3.8, 4) is 0 Å². The third-order valence-electron chi connectivity index (χ3n) is 6.92. The summed E-state index contributed by atoms with van der Waals surface area (Å²) in [5, 5.41) is 11.2. The molecule has 8 heteroatoms. The van der Waals surface area contributed by atoms with E-state index in [2.05, 4.69) is 15.5 Å². The first kappa shape index (κ1) is 27.9. The molecule has 0 spiro atoms. The van der Waals surface area contributed by atoms with Crippen LogP contribution >= 0.6 is 0 Å². The number of nitrogens with one attached hydrogen (secondary N) is 1. The molecule has 3 amide bonds. The van der Waals surface area contributed by atoms with Gasteiger partial charge < -0.3 is 5.32 Å². The van der Waals surface area contributed by atoms with Crippen LogP contribution in [0, 0.1) is 0 Å². The highest BCUT2D eigenvalue weighted by atomic mass is 16.2. The summed E-state index contributed by atoms with van der Waals surface area (Å²) in [5.41, 5.74) is 4.07. The maximum absolute atomic E-state index is 13.3. The number of rotatable bonds is 8. The molecule has 0 saturated heterocycles. The maximum Gasteiger partial charge on any atom is 0.266 e. The predicted octanol–water partition coefficient (Wildman–Crippen LogP) is 8.05. The van der Waals surface area contributed by atoms with Gasteiger partial charge in [-0.2, -0.15) is 10.2 Å². The molecule has 6 rings (SSSR count). The summed E-state index contributed by atoms with van der Waals surface area (Å²) in [6.07, 6.45) is 3.16. The second-order valence-corrected chi connectivity index (χ2v) is 9.90. The van der Waals surface area contributed by atoms with Crippen molar-refractivity contribution in [2.45, 2.75) is 0 Å². The number of carbonyl (C=O) groups excluding carboxylic acids is 4. The largest absolute Gasteiger partial charge is 0.322 e. The van der Waals surface area contributed by atoms with Crippen molar-refractivity contribution in [2.75, 3.05) is 10.2 Å². The van der Waals surface area contributed by atoms with Crippen LogP contribution in [0.4, 0.5) is 22.7 Å². The minimum absolute atomic E-state index is 0.129. The fourth-order valence-corrected chi connectivity index (χ4v) is 4.69. The number of carbonyl (C=O) groups is 4. The number of imide groups is 1. The lowest BCUT2D eigenvalue weighted by Gasteiger charge is -2.13. The van der Waals surface area contributed by atoms with Crippen LogP contribution in [-0.2, 0) is 0 Å². The van der Waals surface area contributed by atoms with E-state index < -0.39 is 17.7 Å². The van der Waals surface area contributed by atoms with Crippen LogP contribution in [0.2, 0.25) is 0 Å². The molecule has 0 fully saturated rings. The Bertz CT molecular complexity index is 1950. The number of allylic oxidation sites excluding steroid dienone is 1. The van der Waals surface area contributed by atoms with E-state index in [0.717, 1.165) is 10.5 Å². The van der Waals surface area contributed by atoms with Crippen LogP contribution in [0.1, 0.15) is 47.0 Å². The molecule has 0 bridgehead atoms. The highest BCUT2D eigenvalue weighted by Gasteiger charge is 2.37. The van der Waals surface area contributed by atoms with Crippen LogP contribution in [-0.4, -0.2) is 23.5 Å². The molecule has 0 radical (unpaired) electrons. The zero-order valence-corrected chi connectivity index (χ0v) is 23.3. The molecular formula is C36H24N4O4. The minimum Gasteiger partial charge on any atom is -0.322 e. The molecule has 0 atom stereocenters. The third-order valence-corrected chi connectivity index (χ3v) is 6.92. The normalized spacial score (nSPS) is 12.6. The highest BCUT2D eigenvalue weighted by Crippen LogP contribution is 2.31. The van der Waals surface area contributed by atoms with Gasteiger partial charge in [-0.1, -0.05) is 66.7 Å². The van der Waals surface area contributed by atoms with E-state index in [-0.39, 0.29) is 22.5 Å². The summed E-state index contributed by atoms with van der Waals surface area (Å²) in [4.78, 5) is 53.0. The standard InChI is InChI=1S/C36H24N4O4/c41-33(25-9-3-1-4-10-25)21-14-24-8-7-13-29(22-24)37-34(42)26-15-20-31-32(23-26)36(44)40(35(31)43)30-18-16-28(17-19-30)39-38-27-11-5-2-6-12-27/h1-23H,(H,37,42). The van der Waals surface area contributed by atoms with Gasteiger partial charge in [-0.3, -0.25) is 19.2 Å². The van der Waals surface area contributed by atoms with E-state index in [9.17, 15) is 19.2 Å². The second kappa shape index (κ2) is 12.3. The Kier molecular flexibility index (Phi) is 7.79. The minimum atomic E-state index is -0.520. The fourth-order valence-electron chi connectivity index (χ4n) is 4.69. The fraction of sp³-hybridized carbons (Fsp3) is 0. The van der Waals surface area contributed by atoms with Crippen molar-refractivity contribution in [2.24, 2.45) is 10.2 Å². The van der Waals surface area contributed by atoms with Crippen molar-refractivity contribution in [1.82, 2.24) is 0 Å². The Morgan fingerprint density at radius 1 is 0.614 bits per heavy atom. The van der Waals surface area contributed by atoms with Gasteiger partial charge in [0.05, 0.1) is 28.2 Å². The van der Waals surface area contributed by atoms with Crippen molar-refractivity contribution >= 4 is 52.3 Å². The molecule has 5 aromatic carbocycles. The van der Waals surface area contributed by atoms with Crippen LogP contribution in [0.15, 0.2) is 144 Å². The first-order valence-electron chi connectivity index (χ1n) is 13.7. The lowest BCUT2D eigenvalue weighted by molar-refractivity contribution is 0.0924.